The monoisotopic (exact) mass is 1090 g/mol. The van der Waals surface area contributed by atoms with E-state index in [0.29, 0.717) is 21.9 Å². The molecule has 24 heteroatoms. The van der Waals surface area contributed by atoms with Crippen molar-refractivity contribution in [3.8, 4) is 34.1 Å². The summed E-state index contributed by atoms with van der Waals surface area (Å²) < 4.78 is 81.9. The molecule has 78 heavy (non-hydrogen) atoms. The number of aryl methyl sites for hydroxylation is 2. The second kappa shape index (κ2) is 25.2. The quantitative estimate of drug-likeness (QED) is 0.0758. The van der Waals surface area contributed by atoms with Crippen LogP contribution >= 0.6 is 0 Å². The minimum Gasteiger partial charge on any atom is -0.463 e. The van der Waals surface area contributed by atoms with Gasteiger partial charge in [-0.3, -0.25) is 47.9 Å². The highest BCUT2D eigenvalue weighted by Crippen LogP contribution is 2.50. The van der Waals surface area contributed by atoms with Gasteiger partial charge in [0.2, 0.25) is 24.8 Å². The van der Waals surface area contributed by atoms with E-state index in [1.165, 1.54) is 12.1 Å². The van der Waals surface area contributed by atoms with E-state index >= 15 is 0 Å². The Kier molecular flexibility index (Phi) is 19.0. The Morgan fingerprint density at radius 1 is 0.385 bits per heavy atom. The normalized spacial score (nSPS) is 22.6. The van der Waals surface area contributed by atoms with Gasteiger partial charge < -0.3 is 66.3 Å². The Hall–Kier alpha value is -8.38. The van der Waals surface area contributed by atoms with Crippen LogP contribution in [-0.2, 0) is 95.3 Å². The summed E-state index contributed by atoms with van der Waals surface area (Å²) in [7, 11) is 0. The number of benzene rings is 4. The van der Waals surface area contributed by atoms with Gasteiger partial charge in [0, 0.05) is 80.4 Å². The van der Waals surface area contributed by atoms with Gasteiger partial charge in [0.25, 0.3) is 0 Å². The molecule has 2 fully saturated rings. The van der Waals surface area contributed by atoms with Crippen molar-refractivity contribution in [1.82, 2.24) is 0 Å². The average molecular weight is 1090 g/mol. The minimum absolute atomic E-state index is 0.0814. The fourth-order valence-corrected chi connectivity index (χ4v) is 9.00. The third-order valence-corrected chi connectivity index (χ3v) is 11.5. The Labute approximate surface area is 445 Å². The van der Waals surface area contributed by atoms with Gasteiger partial charge in [-0.2, -0.15) is 0 Å². The molecule has 418 valence electrons. The van der Waals surface area contributed by atoms with Crippen LogP contribution in [0.25, 0.3) is 32.7 Å². The van der Waals surface area contributed by atoms with E-state index in [4.69, 9.17) is 66.3 Å². The van der Waals surface area contributed by atoms with Crippen LogP contribution in [0, 0.1) is 13.8 Å². The Morgan fingerprint density at radius 2 is 0.692 bits per heavy atom. The summed E-state index contributed by atoms with van der Waals surface area (Å²) >= 11 is 0. The molecule has 0 radical (unpaired) electrons. The highest BCUT2D eigenvalue weighted by molar-refractivity contribution is 6.06. The van der Waals surface area contributed by atoms with E-state index < -0.39 is 134 Å². The number of carbonyl (C=O) groups excluding carboxylic acids is 10. The van der Waals surface area contributed by atoms with E-state index in [-0.39, 0.29) is 44.9 Å². The number of hydrogen-bond acceptors (Lipinski definition) is 24. The lowest BCUT2D eigenvalue weighted by molar-refractivity contribution is -0.288. The summed E-state index contributed by atoms with van der Waals surface area (Å²) in [6, 6.07) is 12.9. The number of esters is 10. The lowest BCUT2D eigenvalue weighted by Gasteiger charge is -2.44. The van der Waals surface area contributed by atoms with Gasteiger partial charge in [-0.25, -0.2) is 0 Å². The van der Waals surface area contributed by atoms with E-state index in [9.17, 15) is 47.9 Å². The van der Waals surface area contributed by atoms with Crippen molar-refractivity contribution in [2.45, 2.75) is 144 Å². The molecular formula is C54H58O24. The maximum absolute atomic E-state index is 13.3. The van der Waals surface area contributed by atoms with Crippen molar-refractivity contribution < 1.29 is 114 Å². The van der Waals surface area contributed by atoms with Crippen LogP contribution in [0.5, 0.6) is 23.0 Å². The fourth-order valence-electron chi connectivity index (χ4n) is 9.00. The molecule has 4 aromatic carbocycles. The lowest BCUT2D eigenvalue weighted by atomic mass is 9.94. The van der Waals surface area contributed by atoms with Crippen LogP contribution in [-0.4, -0.2) is 134 Å². The van der Waals surface area contributed by atoms with E-state index in [1.54, 1.807) is 50.2 Å². The summed E-state index contributed by atoms with van der Waals surface area (Å²) in [6.45, 7) is 13.2. The maximum atomic E-state index is 13.3. The van der Waals surface area contributed by atoms with Crippen molar-refractivity contribution >= 4 is 81.2 Å². The van der Waals surface area contributed by atoms with Crippen molar-refractivity contribution in [3.05, 3.63) is 59.7 Å². The summed E-state index contributed by atoms with van der Waals surface area (Å²) in [6.07, 6.45) is -15.8. The van der Waals surface area contributed by atoms with Gasteiger partial charge in [0.05, 0.1) is 10.8 Å². The zero-order valence-electron chi connectivity index (χ0n) is 44.6. The van der Waals surface area contributed by atoms with Gasteiger partial charge in [-0.1, -0.05) is 24.3 Å². The van der Waals surface area contributed by atoms with Gasteiger partial charge in [-0.15, -0.1) is 0 Å². The molecule has 0 amide bonds. The predicted octanol–water partition coefficient (Wildman–Crippen LogP) is 5.05. The van der Waals surface area contributed by atoms with E-state index in [1.807, 2.05) is 0 Å². The molecular weight excluding hydrogens is 1030 g/mol. The zero-order valence-corrected chi connectivity index (χ0v) is 44.6. The first kappa shape index (κ1) is 58.9. The second-order valence-corrected chi connectivity index (χ2v) is 18.2. The van der Waals surface area contributed by atoms with Crippen LogP contribution in [0.3, 0.4) is 0 Å². The van der Waals surface area contributed by atoms with Crippen LogP contribution in [0.1, 0.15) is 80.4 Å². The molecule has 0 N–H and O–H groups in total. The SMILES string of the molecule is CC(=O)OC[C@H]1O[C@@H](Oc2cc(C)cc3ccc(-c4ccc5cc(C)cc(O[C@@H]6O[C@H](COC(C)=O)[C@@H](OC(C)=O)[C@H](OC(C)=O)[C@H]6OC(C)=O)c5c4OC(C)=O)c(OC(C)=O)c23)[C@H](OC(C)=O)[C@@H](OC(C)=O)[C@@H]1OC(C)=O. The fraction of sp³-hybridized carbons (Fsp3) is 0.444. The molecule has 6 rings (SSSR count). The van der Waals surface area contributed by atoms with Crippen LogP contribution in [0.15, 0.2) is 48.5 Å². The minimum atomic E-state index is -1.74. The van der Waals surface area contributed by atoms with E-state index in [2.05, 4.69) is 0 Å². The highest BCUT2D eigenvalue weighted by Gasteiger charge is 2.55. The third-order valence-electron chi connectivity index (χ3n) is 11.5. The first-order valence-corrected chi connectivity index (χ1v) is 24.2. The molecule has 2 saturated heterocycles. The molecule has 0 aliphatic carbocycles. The van der Waals surface area contributed by atoms with Gasteiger partial charge in [-0.05, 0) is 60.0 Å². The number of rotatable bonds is 17. The Bertz CT molecular complexity index is 2830. The highest BCUT2D eigenvalue weighted by atomic mass is 16.8. The molecule has 0 unspecified atom stereocenters. The molecule has 24 nitrogen and oxygen atoms in total. The lowest BCUT2D eigenvalue weighted by Crippen LogP contribution is -2.63. The van der Waals surface area contributed by atoms with E-state index in [0.717, 1.165) is 69.2 Å². The average Bonchev–Trinajstić information content (AvgIpc) is 3.41. The number of fused-ring (bicyclic) bond motifs is 2. The molecule has 2 heterocycles. The topological polar surface area (TPSA) is 300 Å². The maximum Gasteiger partial charge on any atom is 0.308 e. The van der Waals surface area contributed by atoms with Crippen LogP contribution < -0.4 is 18.9 Å². The Balaban J connectivity index is 1.59. The number of ether oxygens (including phenoxy) is 14. The predicted molar refractivity (Wildman–Crippen MR) is 264 cm³/mol. The first-order valence-electron chi connectivity index (χ1n) is 24.2. The Morgan fingerprint density at radius 3 is 0.987 bits per heavy atom. The van der Waals surface area contributed by atoms with Crippen molar-refractivity contribution in [3.63, 3.8) is 0 Å². The summed E-state index contributed by atoms with van der Waals surface area (Å²) in [4.78, 5) is 126. The van der Waals surface area contributed by atoms with Gasteiger partial charge in [0.15, 0.2) is 24.4 Å². The van der Waals surface area contributed by atoms with Crippen molar-refractivity contribution in [2.24, 2.45) is 0 Å². The summed E-state index contributed by atoms with van der Waals surface area (Å²) in [5.41, 5.74) is 1.36. The largest absolute Gasteiger partial charge is 0.463 e. The molecule has 0 spiro atoms. The second-order valence-electron chi connectivity index (χ2n) is 18.2. The molecule has 10 atom stereocenters. The zero-order chi connectivity index (χ0) is 57.4. The molecule has 0 bridgehead atoms. The van der Waals surface area contributed by atoms with Crippen molar-refractivity contribution in [2.75, 3.05) is 13.2 Å². The van der Waals surface area contributed by atoms with Gasteiger partial charge >= 0.3 is 59.7 Å². The third kappa shape index (κ3) is 14.5. The standard InChI is InChI=1S/C54H58O24/c1-23-17-35-13-15-37(45(67-27(5)57)43(35)39(19-23)75-53-51(73-33(11)63)49(71-31(9)61)47(69-29(7)59)41(77-53)21-65-25(3)55)38-16-14-36-18-24(2)20-40(44(36)46(38)68-28(6)58)76-54-52(74-34(12)64)50(72-32(10)62)48(70-30(8)60)42(78-54)22-66-26(4)56/h13-20,41-42,47-54H,21-22H2,1-12H3/t41-,42-,47-,48-,49+,50+,51-,52-,53-,54-/m1/s1. The summed E-state index contributed by atoms with van der Waals surface area (Å²) in [5.74, 6) is -8.94. The molecule has 0 saturated carbocycles. The molecule has 2 aliphatic rings. The summed E-state index contributed by atoms with van der Waals surface area (Å²) in [5, 5.41) is 0.975. The smallest absolute Gasteiger partial charge is 0.308 e. The molecule has 4 aromatic rings. The first-order chi connectivity index (χ1) is 36.7. The molecule has 2 aliphatic heterocycles. The van der Waals surface area contributed by atoms with Gasteiger partial charge in [0.1, 0.15) is 48.4 Å². The number of hydrogen-bond donors (Lipinski definition) is 0. The van der Waals surface area contributed by atoms with Crippen LogP contribution in [0.2, 0.25) is 0 Å². The van der Waals surface area contributed by atoms with Crippen molar-refractivity contribution in [1.29, 1.82) is 0 Å². The molecule has 0 aromatic heterocycles. The number of carbonyl (C=O) groups is 10. The van der Waals surface area contributed by atoms with Crippen LogP contribution in [0.4, 0.5) is 0 Å².